The van der Waals surface area contributed by atoms with Crippen LogP contribution >= 0.6 is 0 Å². The number of phenolic OH excluding ortho intramolecular Hbond substituents is 1. The minimum absolute atomic E-state index is 0.0405. The summed E-state index contributed by atoms with van der Waals surface area (Å²) in [5.41, 5.74) is 2.81. The predicted octanol–water partition coefficient (Wildman–Crippen LogP) is 8.00. The molecule has 1 spiro atoms. The number of rotatable bonds is 5. The molecule has 278 valence electrons. The van der Waals surface area contributed by atoms with Gasteiger partial charge in [-0.05, 0) is 177 Å². The highest BCUT2D eigenvalue weighted by Gasteiger charge is 2.67. The minimum atomic E-state index is -0.603. The maximum Gasteiger partial charge on any atom is 0.119 e. The van der Waals surface area contributed by atoms with E-state index in [9.17, 15) is 20.4 Å². The molecule has 51 heavy (non-hydrogen) atoms. The molecule has 0 aromatic heterocycles. The summed E-state index contributed by atoms with van der Waals surface area (Å²) in [6.45, 7) is 9.43. The molecule has 5 heteroatoms. The van der Waals surface area contributed by atoms with Gasteiger partial charge in [-0.3, -0.25) is 4.90 Å². The third-order valence-electron chi connectivity index (χ3n) is 17.4. The van der Waals surface area contributed by atoms with Gasteiger partial charge in [0.05, 0.1) is 17.8 Å². The first-order chi connectivity index (χ1) is 24.4. The summed E-state index contributed by atoms with van der Waals surface area (Å²) in [4.78, 5) is 2.70. The molecule has 5 saturated carbocycles. The molecule has 0 amide bonds. The molecule has 5 nitrogen and oxygen atoms in total. The number of aryl methyl sites for hydroxylation is 1. The van der Waals surface area contributed by atoms with E-state index in [0.717, 1.165) is 82.9 Å². The lowest BCUT2D eigenvalue weighted by Crippen LogP contribution is -2.67. The molecular weight excluding hydrogens is 631 g/mol. The lowest BCUT2D eigenvalue weighted by molar-refractivity contribution is -0.180. The number of fused-ring (bicyclic) bond motifs is 8. The molecule has 2 heterocycles. The van der Waals surface area contributed by atoms with Crippen LogP contribution in [0.4, 0.5) is 0 Å². The highest BCUT2D eigenvalue weighted by molar-refractivity contribution is 5.39. The Labute approximate surface area is 307 Å². The third-order valence-corrected chi connectivity index (χ3v) is 17.4. The van der Waals surface area contributed by atoms with Crippen molar-refractivity contribution in [2.75, 3.05) is 13.1 Å². The Morgan fingerprint density at radius 3 is 2.41 bits per heavy atom. The molecule has 7 fully saturated rings. The number of hydrogen-bond acceptors (Lipinski definition) is 5. The van der Waals surface area contributed by atoms with Crippen molar-refractivity contribution < 1.29 is 20.4 Å². The zero-order valence-electron chi connectivity index (χ0n) is 31.6. The van der Waals surface area contributed by atoms with Crippen LogP contribution in [0.3, 0.4) is 0 Å². The van der Waals surface area contributed by atoms with E-state index >= 15 is 0 Å². The molecule has 9 rings (SSSR count). The number of aliphatic hydroxyl groups excluding tert-OH is 2. The van der Waals surface area contributed by atoms with E-state index in [2.05, 4.69) is 62.1 Å². The summed E-state index contributed by atoms with van der Waals surface area (Å²) < 4.78 is 0. The van der Waals surface area contributed by atoms with Crippen molar-refractivity contribution in [3.8, 4) is 5.75 Å². The average Bonchev–Trinajstić information content (AvgIpc) is 3.69. The van der Waals surface area contributed by atoms with Crippen LogP contribution in [0.5, 0.6) is 5.75 Å². The first-order valence-electron chi connectivity index (χ1n) is 21.1. The second-order valence-corrected chi connectivity index (χ2v) is 20.0. The monoisotopic (exact) mass is 695 g/mol. The Kier molecular flexibility index (Phi) is 8.77. The van der Waals surface area contributed by atoms with Crippen molar-refractivity contribution in [2.45, 2.75) is 135 Å². The lowest BCUT2D eigenvalue weighted by atomic mass is 9.46. The molecule has 0 bridgehead atoms. The number of nitrogens with zero attached hydrogens (tertiary/aromatic N) is 1. The number of aromatic hydroxyl groups is 1. The summed E-state index contributed by atoms with van der Waals surface area (Å²) in [5.74, 6) is 5.38. The molecule has 2 aliphatic heterocycles. The first kappa shape index (κ1) is 34.8. The van der Waals surface area contributed by atoms with Gasteiger partial charge in [0.15, 0.2) is 0 Å². The van der Waals surface area contributed by atoms with Gasteiger partial charge in [0.25, 0.3) is 0 Å². The number of piperidine rings is 2. The van der Waals surface area contributed by atoms with E-state index < -0.39 is 5.60 Å². The summed E-state index contributed by atoms with van der Waals surface area (Å²) >= 11 is 0. The fourth-order valence-corrected chi connectivity index (χ4v) is 15.1. The topological polar surface area (TPSA) is 84.2 Å². The smallest absolute Gasteiger partial charge is 0.119 e. The SMILES string of the molecule is CC1CCC2N(C1)CC1C3CC4C(CC(O)C5CC(O)C6(CCC(CCc7ccc(Cc8ccccc8)c(O)c7)C6)CC54C)C3CCC1C2(C)O. The van der Waals surface area contributed by atoms with E-state index in [-0.39, 0.29) is 29.0 Å². The van der Waals surface area contributed by atoms with Crippen molar-refractivity contribution in [1.29, 1.82) is 0 Å². The van der Waals surface area contributed by atoms with E-state index in [1.54, 1.807) is 0 Å². The fourth-order valence-electron chi connectivity index (χ4n) is 15.1. The predicted molar refractivity (Wildman–Crippen MR) is 202 cm³/mol. The number of benzene rings is 2. The summed E-state index contributed by atoms with van der Waals surface area (Å²) in [6.07, 6.45) is 14.3. The van der Waals surface area contributed by atoms with Crippen molar-refractivity contribution in [3.05, 3.63) is 65.2 Å². The third kappa shape index (κ3) is 5.76. The highest BCUT2D eigenvalue weighted by Crippen LogP contribution is 2.70. The van der Waals surface area contributed by atoms with Gasteiger partial charge in [0.1, 0.15) is 5.75 Å². The van der Waals surface area contributed by atoms with Crippen LogP contribution < -0.4 is 0 Å². The van der Waals surface area contributed by atoms with Gasteiger partial charge in [-0.25, -0.2) is 0 Å². The molecule has 7 aliphatic rings. The van der Waals surface area contributed by atoms with Crippen molar-refractivity contribution in [2.24, 2.45) is 64.1 Å². The normalized spacial score (nSPS) is 47.6. The van der Waals surface area contributed by atoms with Gasteiger partial charge < -0.3 is 20.4 Å². The molecule has 2 aromatic carbocycles. The quantitative estimate of drug-likeness (QED) is 0.255. The fraction of sp³-hybridized carbons (Fsp3) is 0.739. The van der Waals surface area contributed by atoms with Crippen LogP contribution in [0.2, 0.25) is 0 Å². The number of aliphatic hydroxyl groups is 3. The zero-order chi connectivity index (χ0) is 35.3. The second-order valence-electron chi connectivity index (χ2n) is 20.0. The first-order valence-corrected chi connectivity index (χ1v) is 21.1. The molecular formula is C46H65NO4. The van der Waals surface area contributed by atoms with Crippen molar-refractivity contribution >= 4 is 0 Å². The van der Waals surface area contributed by atoms with E-state index in [0.29, 0.717) is 59.1 Å². The summed E-state index contributed by atoms with van der Waals surface area (Å²) in [7, 11) is 0. The lowest BCUT2D eigenvalue weighted by Gasteiger charge is -2.60. The highest BCUT2D eigenvalue weighted by atomic mass is 16.3. The van der Waals surface area contributed by atoms with Crippen LogP contribution in [0.25, 0.3) is 0 Å². The zero-order valence-corrected chi connectivity index (χ0v) is 31.6. The molecule has 15 atom stereocenters. The molecule has 5 aliphatic carbocycles. The maximum atomic E-state index is 12.2. The maximum absolute atomic E-state index is 12.2. The van der Waals surface area contributed by atoms with Gasteiger partial charge in [-0.2, -0.15) is 0 Å². The molecule has 15 unspecified atom stereocenters. The Bertz CT molecular complexity index is 1580. The van der Waals surface area contributed by atoms with Gasteiger partial charge in [-0.1, -0.05) is 56.3 Å². The summed E-state index contributed by atoms with van der Waals surface area (Å²) in [5, 5.41) is 46.8. The van der Waals surface area contributed by atoms with Gasteiger partial charge >= 0.3 is 0 Å². The van der Waals surface area contributed by atoms with Gasteiger partial charge in [0, 0.05) is 25.6 Å². The van der Waals surface area contributed by atoms with Gasteiger partial charge in [-0.15, -0.1) is 0 Å². The van der Waals surface area contributed by atoms with Crippen molar-refractivity contribution in [1.82, 2.24) is 4.90 Å². The van der Waals surface area contributed by atoms with Crippen LogP contribution in [0.1, 0.15) is 115 Å². The van der Waals surface area contributed by atoms with Crippen LogP contribution in [-0.2, 0) is 12.8 Å². The van der Waals surface area contributed by atoms with Gasteiger partial charge in [0.2, 0.25) is 0 Å². The number of hydrogen-bond donors (Lipinski definition) is 4. The second kappa shape index (κ2) is 12.8. The van der Waals surface area contributed by atoms with E-state index in [1.807, 2.05) is 12.1 Å². The molecule has 2 aromatic rings. The minimum Gasteiger partial charge on any atom is -0.508 e. The van der Waals surface area contributed by atoms with E-state index in [4.69, 9.17) is 0 Å². The van der Waals surface area contributed by atoms with Crippen molar-refractivity contribution in [3.63, 3.8) is 0 Å². The standard InChI is InChI=1S/C46H65NO4/c1-28-9-16-42-45(3,51)37-15-14-33-34(36(37)26-47(42)25-28)21-38-35(33)22-41(49)39-23-43(50)46(27-44(38,39)2)18-17-31(24-46)11-10-30-12-13-32(40(48)20-30)19-29-7-5-4-6-8-29/h4-8,12-13,20,28,31,33-39,41-43,48-51H,9-11,14-19,21-27H2,1-3H3. The van der Waals surface area contributed by atoms with Crippen LogP contribution in [-0.4, -0.2) is 62.3 Å². The Hall–Kier alpha value is -1.92. The Morgan fingerprint density at radius 2 is 1.61 bits per heavy atom. The summed E-state index contributed by atoms with van der Waals surface area (Å²) in [6, 6.07) is 17.0. The Morgan fingerprint density at radius 1 is 0.784 bits per heavy atom. The average molecular weight is 696 g/mol. The number of phenols is 1. The molecule has 2 saturated heterocycles. The van der Waals surface area contributed by atoms with Crippen LogP contribution in [0, 0.1) is 64.1 Å². The van der Waals surface area contributed by atoms with E-state index in [1.165, 1.54) is 36.8 Å². The Balaban J connectivity index is 0.898. The largest absolute Gasteiger partial charge is 0.508 e. The molecule has 4 N–H and O–H groups in total. The van der Waals surface area contributed by atoms with Crippen LogP contribution in [0.15, 0.2) is 48.5 Å². The molecule has 0 radical (unpaired) electrons.